The number of para-hydroxylation sites is 1. The fourth-order valence-electron chi connectivity index (χ4n) is 2.73. The predicted octanol–water partition coefficient (Wildman–Crippen LogP) is 2.19. The van der Waals surface area contributed by atoms with Crippen molar-refractivity contribution in [2.75, 3.05) is 25.4 Å². The van der Waals surface area contributed by atoms with Gasteiger partial charge in [0.05, 0.1) is 27.5 Å². The molecule has 1 heterocycles. The number of nitro groups is 1. The molecule has 1 aliphatic heterocycles. The summed E-state index contributed by atoms with van der Waals surface area (Å²) in [7, 11) is -3.14. The maximum atomic E-state index is 12.2. The molecule has 10 heteroatoms. The first-order valence-corrected chi connectivity index (χ1v) is 9.81. The van der Waals surface area contributed by atoms with E-state index in [4.69, 9.17) is 0 Å². The molecule has 2 rings (SSSR count). The second kappa shape index (κ2) is 8.98. The molecule has 0 saturated carbocycles. The van der Waals surface area contributed by atoms with Crippen LogP contribution in [0.4, 0.5) is 5.69 Å². The molecule has 0 spiro atoms. The molecule has 0 aliphatic carbocycles. The van der Waals surface area contributed by atoms with E-state index in [0.29, 0.717) is 31.2 Å². The van der Waals surface area contributed by atoms with Crippen LogP contribution in [0.1, 0.15) is 26.3 Å². The Labute approximate surface area is 171 Å². The van der Waals surface area contributed by atoms with Crippen LogP contribution < -0.4 is 5.32 Å². The molecule has 1 N–H and O–H groups in total. The number of hydrogen-bond acceptors (Lipinski definition) is 5. The van der Waals surface area contributed by atoms with Crippen molar-refractivity contribution < 1.29 is 13.3 Å². The minimum atomic E-state index is -3.14. The lowest BCUT2D eigenvalue weighted by atomic mass is 10.2. The molecule has 0 unspecified atom stereocenters. The lowest BCUT2D eigenvalue weighted by Gasteiger charge is -2.39. The standard InChI is InChI=1S/C16H24N4O4S.HI/c1-4-17-15(19-9-10-25(23,24)16(2,3)12-19)18-11-13-7-5-6-8-14(13)20(21)22;/h5-8H,4,9-12H2,1-3H3,(H,17,18);1H. The topological polar surface area (TPSA) is 105 Å². The monoisotopic (exact) mass is 496 g/mol. The van der Waals surface area contributed by atoms with E-state index in [1.807, 2.05) is 11.8 Å². The van der Waals surface area contributed by atoms with Crippen molar-refractivity contribution in [1.82, 2.24) is 10.2 Å². The van der Waals surface area contributed by atoms with Crippen LogP contribution in [0.2, 0.25) is 0 Å². The highest BCUT2D eigenvalue weighted by Gasteiger charge is 2.40. The molecule has 0 bridgehead atoms. The molecular weight excluding hydrogens is 471 g/mol. The predicted molar refractivity (Wildman–Crippen MR) is 113 cm³/mol. The van der Waals surface area contributed by atoms with Crippen molar-refractivity contribution in [3.8, 4) is 0 Å². The van der Waals surface area contributed by atoms with E-state index >= 15 is 0 Å². The summed E-state index contributed by atoms with van der Waals surface area (Å²) in [6.45, 7) is 6.81. The second-order valence-corrected chi connectivity index (χ2v) is 9.30. The van der Waals surface area contributed by atoms with Gasteiger partial charge < -0.3 is 10.2 Å². The van der Waals surface area contributed by atoms with Crippen LogP contribution in [-0.4, -0.2) is 54.3 Å². The number of sulfone groups is 1. The van der Waals surface area contributed by atoms with Gasteiger partial charge in [0.1, 0.15) is 0 Å². The second-order valence-electron chi connectivity index (χ2n) is 6.56. The number of aliphatic imine (C=N–C) groups is 1. The van der Waals surface area contributed by atoms with Crippen molar-refractivity contribution in [2.45, 2.75) is 32.1 Å². The Morgan fingerprint density at radius 3 is 2.62 bits per heavy atom. The zero-order chi connectivity index (χ0) is 18.7. The molecule has 0 radical (unpaired) electrons. The van der Waals surface area contributed by atoms with E-state index in [-0.39, 0.29) is 42.0 Å². The Morgan fingerprint density at radius 1 is 1.38 bits per heavy atom. The number of guanidine groups is 1. The van der Waals surface area contributed by atoms with Gasteiger partial charge >= 0.3 is 0 Å². The molecule has 1 aromatic rings. The summed E-state index contributed by atoms with van der Waals surface area (Å²) in [6.07, 6.45) is 0. The lowest BCUT2D eigenvalue weighted by molar-refractivity contribution is -0.385. The van der Waals surface area contributed by atoms with Gasteiger partial charge in [-0.15, -0.1) is 24.0 Å². The Bertz CT molecular complexity index is 780. The average molecular weight is 496 g/mol. The van der Waals surface area contributed by atoms with E-state index in [9.17, 15) is 18.5 Å². The Morgan fingerprint density at radius 2 is 2.04 bits per heavy atom. The van der Waals surface area contributed by atoms with Crippen LogP contribution in [0.25, 0.3) is 0 Å². The highest BCUT2D eigenvalue weighted by atomic mass is 127. The smallest absolute Gasteiger partial charge is 0.274 e. The summed E-state index contributed by atoms with van der Waals surface area (Å²) in [5.74, 6) is 0.638. The van der Waals surface area contributed by atoms with Crippen molar-refractivity contribution in [2.24, 2.45) is 4.99 Å². The maximum Gasteiger partial charge on any atom is 0.274 e. The normalized spacial score (nSPS) is 18.7. The molecule has 1 aliphatic rings. The molecule has 8 nitrogen and oxygen atoms in total. The molecule has 0 aromatic heterocycles. The van der Waals surface area contributed by atoms with Gasteiger partial charge in [0, 0.05) is 25.7 Å². The molecule has 1 aromatic carbocycles. The number of nitrogens with zero attached hydrogens (tertiary/aromatic N) is 3. The molecule has 26 heavy (non-hydrogen) atoms. The number of hydrogen-bond donors (Lipinski definition) is 1. The molecule has 1 fully saturated rings. The summed E-state index contributed by atoms with van der Waals surface area (Å²) in [5, 5.41) is 14.3. The summed E-state index contributed by atoms with van der Waals surface area (Å²) in [4.78, 5) is 17.1. The number of rotatable bonds is 4. The number of nitrogens with one attached hydrogen (secondary N) is 1. The Balaban J connectivity index is 0.00000338. The van der Waals surface area contributed by atoms with Gasteiger partial charge in [0.2, 0.25) is 0 Å². The van der Waals surface area contributed by atoms with E-state index < -0.39 is 19.5 Å². The highest BCUT2D eigenvalue weighted by molar-refractivity contribution is 14.0. The summed E-state index contributed by atoms with van der Waals surface area (Å²) < 4.78 is 23.5. The summed E-state index contributed by atoms with van der Waals surface area (Å²) in [6, 6.07) is 6.49. The third kappa shape index (κ3) is 5.06. The number of benzene rings is 1. The van der Waals surface area contributed by atoms with Gasteiger partial charge in [-0.05, 0) is 20.8 Å². The van der Waals surface area contributed by atoms with E-state index in [1.165, 1.54) is 6.07 Å². The van der Waals surface area contributed by atoms with Crippen molar-refractivity contribution >= 4 is 45.5 Å². The quantitative estimate of drug-likeness (QED) is 0.225. The third-order valence-corrected chi connectivity index (χ3v) is 6.80. The van der Waals surface area contributed by atoms with Crippen molar-refractivity contribution in [1.29, 1.82) is 0 Å². The maximum absolute atomic E-state index is 12.2. The van der Waals surface area contributed by atoms with E-state index in [0.717, 1.165) is 0 Å². The molecule has 1 saturated heterocycles. The van der Waals surface area contributed by atoms with Gasteiger partial charge in [-0.25, -0.2) is 13.4 Å². The Kier molecular flexibility index (Phi) is 7.81. The fourth-order valence-corrected chi connectivity index (χ4v) is 4.10. The van der Waals surface area contributed by atoms with Gasteiger partial charge in [0.25, 0.3) is 5.69 Å². The van der Waals surface area contributed by atoms with Gasteiger partial charge in [-0.2, -0.15) is 0 Å². The van der Waals surface area contributed by atoms with Crippen LogP contribution in [-0.2, 0) is 16.4 Å². The van der Waals surface area contributed by atoms with Gasteiger partial charge in [-0.1, -0.05) is 18.2 Å². The lowest BCUT2D eigenvalue weighted by Crippen LogP contribution is -2.57. The molecule has 0 atom stereocenters. The Hall–Kier alpha value is -1.43. The van der Waals surface area contributed by atoms with Crippen LogP contribution in [0.15, 0.2) is 29.3 Å². The number of halogens is 1. The van der Waals surface area contributed by atoms with Crippen LogP contribution >= 0.6 is 24.0 Å². The first-order chi connectivity index (χ1) is 11.7. The van der Waals surface area contributed by atoms with Gasteiger partial charge in [0.15, 0.2) is 15.8 Å². The summed E-state index contributed by atoms with van der Waals surface area (Å²) >= 11 is 0. The zero-order valence-electron chi connectivity index (χ0n) is 15.1. The SMILES string of the molecule is CCNC(=NCc1ccccc1[N+](=O)[O-])N1CCS(=O)(=O)C(C)(C)C1.I. The first-order valence-electron chi connectivity index (χ1n) is 8.16. The molecule has 146 valence electrons. The fraction of sp³-hybridized carbons (Fsp3) is 0.562. The first kappa shape index (κ1) is 22.6. The summed E-state index contributed by atoms with van der Waals surface area (Å²) in [5.41, 5.74) is 0.551. The minimum absolute atomic E-state index is 0. The zero-order valence-corrected chi connectivity index (χ0v) is 18.3. The highest BCUT2D eigenvalue weighted by Crippen LogP contribution is 2.24. The average Bonchev–Trinajstić information content (AvgIpc) is 2.54. The van der Waals surface area contributed by atoms with Gasteiger partial charge in [-0.3, -0.25) is 10.1 Å². The van der Waals surface area contributed by atoms with Crippen molar-refractivity contribution in [3.05, 3.63) is 39.9 Å². The van der Waals surface area contributed by atoms with Crippen LogP contribution in [0.5, 0.6) is 0 Å². The number of nitro benzene ring substituents is 1. The molecule has 0 amide bonds. The van der Waals surface area contributed by atoms with Crippen LogP contribution in [0.3, 0.4) is 0 Å². The largest absolute Gasteiger partial charge is 0.357 e. The van der Waals surface area contributed by atoms with E-state index in [2.05, 4.69) is 10.3 Å². The van der Waals surface area contributed by atoms with Crippen molar-refractivity contribution in [3.63, 3.8) is 0 Å². The molecular formula is C16H25IN4O4S. The van der Waals surface area contributed by atoms with Crippen LogP contribution in [0, 0.1) is 10.1 Å². The van der Waals surface area contributed by atoms with E-state index in [1.54, 1.807) is 32.0 Å². The minimum Gasteiger partial charge on any atom is -0.357 e. The third-order valence-electron chi connectivity index (χ3n) is 4.27.